The second kappa shape index (κ2) is 5.27. The summed E-state index contributed by atoms with van der Waals surface area (Å²) in [7, 11) is 0. The van der Waals surface area contributed by atoms with Gasteiger partial charge in [0.05, 0.1) is 5.92 Å². The van der Waals surface area contributed by atoms with Crippen molar-refractivity contribution in [1.29, 1.82) is 0 Å². The molecule has 4 nitrogen and oxygen atoms in total. The maximum Gasteiger partial charge on any atom is 0.306 e. The van der Waals surface area contributed by atoms with Gasteiger partial charge < -0.3 is 10.8 Å². The number of aromatic nitrogens is 1. The summed E-state index contributed by atoms with van der Waals surface area (Å²) in [5, 5.41) is 8.94. The van der Waals surface area contributed by atoms with Gasteiger partial charge in [-0.25, -0.2) is 0 Å². The first-order valence-electron chi connectivity index (χ1n) is 6.07. The number of carboxylic acids is 1. The molecule has 1 heterocycles. The Morgan fingerprint density at radius 3 is 2.41 bits per heavy atom. The van der Waals surface area contributed by atoms with E-state index >= 15 is 0 Å². The van der Waals surface area contributed by atoms with Crippen molar-refractivity contribution in [3.05, 3.63) is 30.1 Å². The lowest BCUT2D eigenvalue weighted by Crippen LogP contribution is -2.28. The molecule has 1 aromatic heterocycles. The number of carboxylic acid groups (broad SMARTS) is 1. The van der Waals surface area contributed by atoms with Gasteiger partial charge in [-0.2, -0.15) is 0 Å². The van der Waals surface area contributed by atoms with Gasteiger partial charge in [-0.05, 0) is 49.3 Å². The zero-order valence-corrected chi connectivity index (χ0v) is 9.75. The number of nitrogens with zero attached hydrogens (tertiary/aromatic N) is 1. The molecule has 0 bridgehead atoms. The Morgan fingerprint density at radius 2 is 1.88 bits per heavy atom. The molecule has 2 rings (SSSR count). The van der Waals surface area contributed by atoms with Crippen molar-refractivity contribution in [2.24, 2.45) is 17.6 Å². The van der Waals surface area contributed by atoms with E-state index in [1.807, 2.05) is 12.1 Å². The molecule has 17 heavy (non-hydrogen) atoms. The van der Waals surface area contributed by atoms with Gasteiger partial charge in [-0.3, -0.25) is 9.78 Å². The number of rotatable bonds is 3. The molecule has 3 N–H and O–H groups in total. The van der Waals surface area contributed by atoms with E-state index < -0.39 is 5.97 Å². The molecule has 0 spiro atoms. The maximum atomic E-state index is 10.9. The van der Waals surface area contributed by atoms with Crippen LogP contribution in [0.15, 0.2) is 24.5 Å². The van der Waals surface area contributed by atoms with E-state index in [-0.39, 0.29) is 12.0 Å². The number of hydrogen-bond donors (Lipinski definition) is 2. The van der Waals surface area contributed by atoms with Gasteiger partial charge in [-0.1, -0.05) is 0 Å². The molecule has 1 aromatic rings. The van der Waals surface area contributed by atoms with Gasteiger partial charge in [0.25, 0.3) is 0 Å². The normalized spacial score (nSPS) is 26.4. The molecule has 0 aliphatic heterocycles. The Morgan fingerprint density at radius 1 is 1.29 bits per heavy atom. The van der Waals surface area contributed by atoms with E-state index in [2.05, 4.69) is 4.98 Å². The maximum absolute atomic E-state index is 10.9. The average molecular weight is 234 g/mol. The molecule has 0 aromatic carbocycles. The first kappa shape index (κ1) is 12.0. The third-order valence-electron chi connectivity index (χ3n) is 3.72. The minimum Gasteiger partial charge on any atom is -0.481 e. The van der Waals surface area contributed by atoms with Gasteiger partial charge in [0.15, 0.2) is 0 Å². The van der Waals surface area contributed by atoms with Crippen LogP contribution in [-0.2, 0) is 4.79 Å². The van der Waals surface area contributed by atoms with Crippen molar-refractivity contribution >= 4 is 5.97 Å². The summed E-state index contributed by atoms with van der Waals surface area (Å²) < 4.78 is 0. The molecule has 0 radical (unpaired) electrons. The summed E-state index contributed by atoms with van der Waals surface area (Å²) in [5.74, 6) is -0.440. The predicted octanol–water partition coefficient (Wildman–Crippen LogP) is 1.97. The highest BCUT2D eigenvalue weighted by atomic mass is 16.4. The number of pyridine rings is 1. The predicted molar refractivity (Wildman–Crippen MR) is 64.2 cm³/mol. The van der Waals surface area contributed by atoms with Crippen LogP contribution < -0.4 is 5.73 Å². The molecule has 92 valence electrons. The number of hydrogen-bond acceptors (Lipinski definition) is 3. The van der Waals surface area contributed by atoms with Crippen LogP contribution in [0.3, 0.4) is 0 Å². The molecule has 1 aliphatic carbocycles. The molecule has 1 atom stereocenters. The van der Waals surface area contributed by atoms with E-state index in [0.717, 1.165) is 31.2 Å². The monoisotopic (exact) mass is 234 g/mol. The Balaban J connectivity index is 1.95. The third kappa shape index (κ3) is 2.82. The molecule has 1 saturated carbocycles. The minimum absolute atomic E-state index is 0.00717. The van der Waals surface area contributed by atoms with Gasteiger partial charge in [0.1, 0.15) is 0 Å². The summed E-state index contributed by atoms with van der Waals surface area (Å²) in [6.07, 6.45) is 6.80. The summed E-state index contributed by atoms with van der Waals surface area (Å²) in [6.45, 7) is 0. The van der Waals surface area contributed by atoms with Crippen LogP contribution in [-0.4, -0.2) is 16.1 Å². The summed E-state index contributed by atoms with van der Waals surface area (Å²) in [4.78, 5) is 14.8. The number of carbonyl (C=O) groups is 1. The second-order valence-corrected chi connectivity index (χ2v) is 4.76. The summed E-state index contributed by atoms with van der Waals surface area (Å²) in [5.41, 5.74) is 7.31. The Labute approximate surface area is 101 Å². The molecule has 1 aliphatic rings. The van der Waals surface area contributed by atoms with E-state index in [9.17, 15) is 4.79 Å². The molecular formula is C13H18N2O2. The lowest BCUT2D eigenvalue weighted by Gasteiger charge is -2.30. The van der Waals surface area contributed by atoms with Gasteiger partial charge in [0.2, 0.25) is 0 Å². The van der Waals surface area contributed by atoms with Crippen LogP contribution >= 0.6 is 0 Å². The average Bonchev–Trinajstić information content (AvgIpc) is 2.39. The fraction of sp³-hybridized carbons (Fsp3) is 0.538. The molecule has 0 saturated heterocycles. The highest BCUT2D eigenvalue weighted by Gasteiger charge is 2.29. The topological polar surface area (TPSA) is 76.2 Å². The smallest absolute Gasteiger partial charge is 0.306 e. The van der Waals surface area contributed by atoms with Gasteiger partial charge in [0, 0.05) is 18.4 Å². The first-order chi connectivity index (χ1) is 8.18. The zero-order chi connectivity index (χ0) is 12.3. The fourth-order valence-electron chi connectivity index (χ4n) is 2.58. The van der Waals surface area contributed by atoms with E-state index in [1.165, 1.54) is 0 Å². The minimum atomic E-state index is -0.666. The van der Waals surface area contributed by atoms with E-state index in [0.29, 0.717) is 5.92 Å². The summed E-state index contributed by atoms with van der Waals surface area (Å²) >= 11 is 0. The van der Waals surface area contributed by atoms with Crippen LogP contribution in [0.2, 0.25) is 0 Å². The van der Waals surface area contributed by atoms with E-state index in [4.69, 9.17) is 10.8 Å². The van der Waals surface area contributed by atoms with Crippen LogP contribution in [0.1, 0.15) is 37.3 Å². The second-order valence-electron chi connectivity index (χ2n) is 4.76. The SMILES string of the molecule is NC(c1ccncc1)C1CCC(C(=O)O)CC1. The zero-order valence-electron chi connectivity index (χ0n) is 9.75. The number of nitrogens with two attached hydrogens (primary N) is 1. The lowest BCUT2D eigenvalue weighted by molar-refractivity contribution is -0.143. The third-order valence-corrected chi connectivity index (χ3v) is 3.72. The van der Waals surface area contributed by atoms with Gasteiger partial charge >= 0.3 is 5.97 Å². The Bertz CT molecular complexity index is 372. The molecule has 4 heteroatoms. The lowest BCUT2D eigenvalue weighted by atomic mass is 9.77. The van der Waals surface area contributed by atoms with Crippen molar-refractivity contribution in [3.8, 4) is 0 Å². The molecular weight excluding hydrogens is 216 g/mol. The molecule has 0 amide bonds. The standard InChI is InChI=1S/C13H18N2O2/c14-12(10-5-7-15-8-6-10)9-1-3-11(4-2-9)13(16)17/h5-9,11-12H,1-4,14H2,(H,16,17). The van der Waals surface area contributed by atoms with Crippen LogP contribution in [0.25, 0.3) is 0 Å². The molecule has 1 fully saturated rings. The van der Waals surface area contributed by atoms with Crippen LogP contribution in [0.4, 0.5) is 0 Å². The largest absolute Gasteiger partial charge is 0.481 e. The van der Waals surface area contributed by atoms with Gasteiger partial charge in [-0.15, -0.1) is 0 Å². The van der Waals surface area contributed by atoms with Crippen molar-refractivity contribution < 1.29 is 9.90 Å². The van der Waals surface area contributed by atoms with Crippen molar-refractivity contribution in [3.63, 3.8) is 0 Å². The Hall–Kier alpha value is -1.42. The highest BCUT2D eigenvalue weighted by Crippen LogP contribution is 2.35. The van der Waals surface area contributed by atoms with Crippen molar-refractivity contribution in [2.45, 2.75) is 31.7 Å². The van der Waals surface area contributed by atoms with Crippen LogP contribution in [0.5, 0.6) is 0 Å². The van der Waals surface area contributed by atoms with E-state index in [1.54, 1.807) is 12.4 Å². The number of aliphatic carboxylic acids is 1. The first-order valence-corrected chi connectivity index (χ1v) is 6.07. The van der Waals surface area contributed by atoms with Crippen LogP contribution in [0, 0.1) is 11.8 Å². The highest BCUT2D eigenvalue weighted by molar-refractivity contribution is 5.70. The quantitative estimate of drug-likeness (QED) is 0.838. The molecule has 1 unspecified atom stereocenters. The summed E-state index contributed by atoms with van der Waals surface area (Å²) in [6, 6.07) is 3.88. The fourth-order valence-corrected chi connectivity index (χ4v) is 2.58. The van der Waals surface area contributed by atoms with Crippen molar-refractivity contribution in [2.75, 3.05) is 0 Å². The van der Waals surface area contributed by atoms with Crippen molar-refractivity contribution in [1.82, 2.24) is 4.98 Å². The Kier molecular flexibility index (Phi) is 3.74.